The van der Waals surface area contributed by atoms with Gasteiger partial charge in [-0.1, -0.05) is 18.2 Å². The van der Waals surface area contributed by atoms with E-state index in [-0.39, 0.29) is 12.0 Å². The van der Waals surface area contributed by atoms with Crippen LogP contribution < -0.4 is 4.90 Å². The number of furan rings is 1. The van der Waals surface area contributed by atoms with Crippen molar-refractivity contribution in [1.29, 1.82) is 0 Å². The number of anilines is 1. The van der Waals surface area contributed by atoms with E-state index in [2.05, 4.69) is 20.0 Å². The van der Waals surface area contributed by atoms with E-state index >= 15 is 0 Å². The molecule has 1 fully saturated rings. The second-order valence-electron chi connectivity index (χ2n) is 9.60. The number of amides is 1. The molecule has 2 aliphatic heterocycles. The molecule has 0 radical (unpaired) electrons. The Balaban J connectivity index is 1.25. The van der Waals surface area contributed by atoms with Gasteiger partial charge in [-0.05, 0) is 37.1 Å². The number of fused-ring (bicyclic) bond motifs is 3. The summed E-state index contributed by atoms with van der Waals surface area (Å²) in [4.78, 5) is 25.9. The van der Waals surface area contributed by atoms with Crippen LogP contribution in [0.3, 0.4) is 0 Å². The summed E-state index contributed by atoms with van der Waals surface area (Å²) in [6.45, 7) is 2.15. The number of imidazole rings is 1. The Hall–Kier alpha value is -4.11. The van der Waals surface area contributed by atoms with Crippen LogP contribution in [0.15, 0.2) is 65.6 Å². The zero-order valence-corrected chi connectivity index (χ0v) is 19.7. The van der Waals surface area contributed by atoms with Crippen LogP contribution >= 0.6 is 0 Å². The van der Waals surface area contributed by atoms with Crippen molar-refractivity contribution in [1.82, 2.24) is 24.5 Å². The van der Waals surface area contributed by atoms with Crippen molar-refractivity contribution in [2.45, 2.75) is 31.4 Å². The van der Waals surface area contributed by atoms with Gasteiger partial charge in [-0.15, -0.1) is 0 Å². The van der Waals surface area contributed by atoms with E-state index in [0.29, 0.717) is 24.3 Å². The summed E-state index contributed by atoms with van der Waals surface area (Å²) < 4.78 is 7.99. The lowest BCUT2D eigenvalue weighted by atomic mass is 9.99. The quantitative estimate of drug-likeness (QED) is 0.408. The third kappa shape index (κ3) is 3.38. The van der Waals surface area contributed by atoms with Gasteiger partial charge in [0.2, 0.25) is 0 Å². The summed E-state index contributed by atoms with van der Waals surface area (Å²) >= 11 is 0. The Morgan fingerprint density at radius 1 is 1.11 bits per heavy atom. The van der Waals surface area contributed by atoms with Crippen LogP contribution in [0, 0.1) is 0 Å². The SMILES string of the molecule is O=C(c1cnn2cc(N3CCC(O)CC3)ccc12)N1CCc2[nH]cnc2[C@H]1c1cc2ccccc2o1. The highest BCUT2D eigenvalue weighted by Crippen LogP contribution is 2.37. The number of rotatable bonds is 3. The Kier molecular flexibility index (Phi) is 4.85. The van der Waals surface area contributed by atoms with Gasteiger partial charge in [0.05, 0.1) is 47.3 Å². The van der Waals surface area contributed by atoms with Crippen LogP contribution in [0.4, 0.5) is 5.69 Å². The second-order valence-corrected chi connectivity index (χ2v) is 9.60. The van der Waals surface area contributed by atoms with Crippen LogP contribution in [0.2, 0.25) is 0 Å². The average molecular weight is 483 g/mol. The molecule has 5 aromatic rings. The summed E-state index contributed by atoms with van der Waals surface area (Å²) in [5, 5.41) is 15.3. The molecule has 1 aromatic carbocycles. The molecule has 0 aliphatic carbocycles. The van der Waals surface area contributed by atoms with Crippen LogP contribution in [-0.2, 0) is 6.42 Å². The van der Waals surface area contributed by atoms with Crippen molar-refractivity contribution >= 4 is 28.1 Å². The smallest absolute Gasteiger partial charge is 0.258 e. The molecule has 4 aromatic heterocycles. The van der Waals surface area contributed by atoms with Crippen LogP contribution in [0.1, 0.15) is 46.4 Å². The summed E-state index contributed by atoms with van der Waals surface area (Å²) in [6.07, 6.45) is 7.28. The number of aromatic nitrogens is 4. The van der Waals surface area contributed by atoms with E-state index in [1.807, 2.05) is 53.6 Å². The summed E-state index contributed by atoms with van der Waals surface area (Å²) in [7, 11) is 0. The molecule has 0 bridgehead atoms. The number of carbonyl (C=O) groups is 1. The predicted octanol–water partition coefficient (Wildman–Crippen LogP) is 3.55. The Bertz CT molecular complexity index is 1540. The molecule has 7 rings (SSSR count). The molecular weight excluding hydrogens is 456 g/mol. The van der Waals surface area contributed by atoms with Crippen LogP contribution in [0.25, 0.3) is 16.5 Å². The predicted molar refractivity (Wildman–Crippen MR) is 134 cm³/mol. The number of piperidine rings is 1. The molecule has 36 heavy (non-hydrogen) atoms. The third-order valence-electron chi connectivity index (χ3n) is 7.46. The Morgan fingerprint density at radius 2 is 1.97 bits per heavy atom. The zero-order valence-electron chi connectivity index (χ0n) is 19.7. The minimum Gasteiger partial charge on any atom is -0.458 e. The highest BCUT2D eigenvalue weighted by Gasteiger charge is 2.37. The maximum Gasteiger partial charge on any atom is 0.258 e. The molecule has 6 heterocycles. The standard InChI is InChI=1S/C27H26N6O3/c34-19-7-10-31(11-8-19)18-5-6-22-20(14-30-33(22)15-18)27(35)32-12-9-21-25(29-16-28-21)26(32)24-13-17-3-1-2-4-23(17)36-24/h1-6,13-16,19,26,34H,7-12H2,(H,28,29)/t26-/m1/s1. The van der Waals surface area contributed by atoms with Crippen molar-refractivity contribution in [3.8, 4) is 0 Å². The van der Waals surface area contributed by atoms with Gasteiger partial charge in [0.15, 0.2) is 0 Å². The maximum absolute atomic E-state index is 14.0. The number of pyridine rings is 1. The van der Waals surface area contributed by atoms with Crippen molar-refractivity contribution in [3.63, 3.8) is 0 Å². The van der Waals surface area contributed by atoms with Gasteiger partial charge in [0.1, 0.15) is 17.4 Å². The lowest BCUT2D eigenvalue weighted by molar-refractivity contribution is 0.0674. The number of H-pyrrole nitrogens is 1. The molecule has 9 nitrogen and oxygen atoms in total. The van der Waals surface area contributed by atoms with E-state index in [0.717, 1.165) is 59.5 Å². The van der Waals surface area contributed by atoms with Gasteiger partial charge >= 0.3 is 0 Å². The number of aliphatic hydroxyl groups excluding tert-OH is 1. The van der Waals surface area contributed by atoms with Gasteiger partial charge in [-0.3, -0.25) is 4.79 Å². The van der Waals surface area contributed by atoms with E-state index in [1.165, 1.54) is 0 Å². The van der Waals surface area contributed by atoms with Crippen molar-refractivity contribution in [2.75, 3.05) is 24.5 Å². The van der Waals surface area contributed by atoms with Gasteiger partial charge in [-0.2, -0.15) is 5.10 Å². The average Bonchev–Trinajstić information content (AvgIpc) is 3.65. The largest absolute Gasteiger partial charge is 0.458 e. The topological polar surface area (TPSA) is 103 Å². The number of para-hydroxylation sites is 1. The van der Waals surface area contributed by atoms with Crippen LogP contribution in [0.5, 0.6) is 0 Å². The molecule has 182 valence electrons. The van der Waals surface area contributed by atoms with Gasteiger partial charge in [-0.25, -0.2) is 9.50 Å². The minimum absolute atomic E-state index is 0.0991. The fraction of sp³-hybridized carbons (Fsp3) is 0.296. The van der Waals surface area contributed by atoms with E-state index < -0.39 is 6.04 Å². The number of nitrogens with zero attached hydrogens (tertiary/aromatic N) is 5. The third-order valence-corrected chi connectivity index (χ3v) is 7.46. The van der Waals surface area contributed by atoms with Crippen molar-refractivity contribution < 1.29 is 14.3 Å². The Morgan fingerprint density at radius 3 is 2.83 bits per heavy atom. The first-order valence-electron chi connectivity index (χ1n) is 12.4. The van der Waals surface area contributed by atoms with Crippen molar-refractivity contribution in [2.24, 2.45) is 0 Å². The van der Waals surface area contributed by atoms with Gasteiger partial charge in [0.25, 0.3) is 5.91 Å². The lowest BCUT2D eigenvalue weighted by Gasteiger charge is -2.33. The molecule has 1 saturated heterocycles. The number of aliphatic hydroxyl groups is 1. The van der Waals surface area contributed by atoms with Crippen molar-refractivity contribution in [3.05, 3.63) is 83.9 Å². The fourth-order valence-electron chi connectivity index (χ4n) is 5.52. The first kappa shape index (κ1) is 21.2. The summed E-state index contributed by atoms with van der Waals surface area (Å²) in [6, 6.07) is 13.4. The molecule has 1 amide bonds. The maximum atomic E-state index is 14.0. The number of hydrogen-bond donors (Lipinski definition) is 2. The zero-order chi connectivity index (χ0) is 24.2. The number of nitrogens with one attached hydrogen (secondary N) is 1. The molecule has 0 unspecified atom stereocenters. The molecule has 2 N–H and O–H groups in total. The first-order chi connectivity index (χ1) is 17.7. The van der Waals surface area contributed by atoms with E-state index in [1.54, 1.807) is 17.0 Å². The molecule has 0 spiro atoms. The van der Waals surface area contributed by atoms with Gasteiger partial charge < -0.3 is 24.3 Å². The Labute approximate surface area is 207 Å². The molecule has 1 atom stereocenters. The number of carbonyl (C=O) groups excluding carboxylic acids is 1. The van der Waals surface area contributed by atoms with Crippen LogP contribution in [-0.4, -0.2) is 61.2 Å². The number of aromatic amines is 1. The molecular formula is C27H26N6O3. The fourth-order valence-corrected chi connectivity index (χ4v) is 5.52. The van der Waals surface area contributed by atoms with E-state index in [9.17, 15) is 9.90 Å². The van der Waals surface area contributed by atoms with Gasteiger partial charge in [0, 0.05) is 37.1 Å². The molecule has 9 heteroatoms. The second kappa shape index (κ2) is 8.23. The lowest BCUT2D eigenvalue weighted by Crippen LogP contribution is -2.40. The first-order valence-corrected chi connectivity index (χ1v) is 12.4. The monoisotopic (exact) mass is 482 g/mol. The number of hydrogen-bond acceptors (Lipinski definition) is 6. The number of benzene rings is 1. The minimum atomic E-state index is -0.422. The normalized spacial score (nSPS) is 18.8. The highest BCUT2D eigenvalue weighted by atomic mass is 16.3. The summed E-state index contributed by atoms with van der Waals surface area (Å²) in [5.41, 5.74) is 4.99. The molecule has 0 saturated carbocycles. The highest BCUT2D eigenvalue weighted by molar-refractivity contribution is 6.01. The van der Waals surface area contributed by atoms with E-state index in [4.69, 9.17) is 4.42 Å². The molecule has 2 aliphatic rings. The summed E-state index contributed by atoms with van der Waals surface area (Å²) in [5.74, 6) is 0.599.